The standard InChI is InChI=1S/C25H35N3O5/c29-18-27(33)17-20(15-19-7-1-2-8-19)25(32)28-14-6-12-23(28)24(31)16-22(30)11-5-10-21-9-3-4-13-26-21/h3-4,9,13,18-20,23,33H,1-2,5-8,10-12,14-17H2/t20-,23+/m1/s1. The first-order valence-electron chi connectivity index (χ1n) is 12.1. The van der Waals surface area contributed by atoms with Crippen molar-refractivity contribution in [2.24, 2.45) is 11.8 Å². The van der Waals surface area contributed by atoms with Crippen LogP contribution in [0.4, 0.5) is 0 Å². The van der Waals surface area contributed by atoms with Crippen LogP contribution in [-0.2, 0) is 25.6 Å². The number of aryl methyl sites for hydroxylation is 1. The second kappa shape index (κ2) is 12.6. The molecule has 0 unspecified atom stereocenters. The number of likely N-dealkylation sites (tertiary alicyclic amines) is 1. The molecule has 1 aromatic heterocycles. The molecule has 3 rings (SSSR count). The van der Waals surface area contributed by atoms with E-state index in [0.717, 1.165) is 31.4 Å². The van der Waals surface area contributed by atoms with E-state index in [9.17, 15) is 24.4 Å². The predicted octanol–water partition coefficient (Wildman–Crippen LogP) is 2.97. The Morgan fingerprint density at radius 2 is 1.97 bits per heavy atom. The van der Waals surface area contributed by atoms with Crippen LogP contribution in [0.25, 0.3) is 0 Å². The predicted molar refractivity (Wildman–Crippen MR) is 121 cm³/mol. The summed E-state index contributed by atoms with van der Waals surface area (Å²) in [6, 6.07) is 5.08. The van der Waals surface area contributed by atoms with Crippen molar-refractivity contribution < 1.29 is 24.4 Å². The number of amides is 2. The zero-order valence-corrected chi connectivity index (χ0v) is 19.2. The molecule has 33 heavy (non-hydrogen) atoms. The molecule has 8 heteroatoms. The first-order chi connectivity index (χ1) is 16.0. The molecule has 2 atom stereocenters. The van der Waals surface area contributed by atoms with Crippen LogP contribution in [0.15, 0.2) is 24.4 Å². The van der Waals surface area contributed by atoms with Crippen LogP contribution in [0.5, 0.6) is 0 Å². The highest BCUT2D eigenvalue weighted by Crippen LogP contribution is 2.32. The number of rotatable bonds is 13. The zero-order valence-electron chi connectivity index (χ0n) is 19.2. The maximum Gasteiger partial charge on any atom is 0.233 e. The number of hydroxylamine groups is 2. The van der Waals surface area contributed by atoms with E-state index in [4.69, 9.17) is 0 Å². The van der Waals surface area contributed by atoms with Gasteiger partial charge in [0, 0.05) is 24.9 Å². The summed E-state index contributed by atoms with van der Waals surface area (Å²) in [6.07, 6.45) is 9.74. The number of nitrogens with zero attached hydrogens (tertiary/aromatic N) is 3. The minimum atomic E-state index is -0.591. The van der Waals surface area contributed by atoms with Crippen molar-refractivity contribution in [1.29, 1.82) is 0 Å². The lowest BCUT2D eigenvalue weighted by Crippen LogP contribution is -2.46. The third-order valence-electron chi connectivity index (χ3n) is 6.86. The molecule has 2 fully saturated rings. The summed E-state index contributed by atoms with van der Waals surface area (Å²) in [5.41, 5.74) is 0.922. The van der Waals surface area contributed by atoms with Gasteiger partial charge >= 0.3 is 0 Å². The average molecular weight is 458 g/mol. The Hall–Kier alpha value is -2.61. The summed E-state index contributed by atoms with van der Waals surface area (Å²) in [4.78, 5) is 55.4. The van der Waals surface area contributed by atoms with Crippen molar-refractivity contribution in [2.75, 3.05) is 13.1 Å². The van der Waals surface area contributed by atoms with E-state index in [1.54, 1.807) is 11.1 Å². The second-order valence-electron chi connectivity index (χ2n) is 9.36. The second-order valence-corrected chi connectivity index (χ2v) is 9.36. The Bertz CT molecular complexity index is 810. The minimum absolute atomic E-state index is 0.0668. The number of hydrogen-bond donors (Lipinski definition) is 1. The van der Waals surface area contributed by atoms with Crippen molar-refractivity contribution in [3.63, 3.8) is 0 Å². The quantitative estimate of drug-likeness (QED) is 0.211. The smallest absolute Gasteiger partial charge is 0.233 e. The molecule has 1 aliphatic heterocycles. The van der Waals surface area contributed by atoms with Gasteiger partial charge in [-0.3, -0.25) is 29.4 Å². The van der Waals surface area contributed by atoms with E-state index in [0.29, 0.717) is 62.5 Å². The molecule has 0 aromatic carbocycles. The van der Waals surface area contributed by atoms with Crippen molar-refractivity contribution in [2.45, 2.75) is 76.7 Å². The highest BCUT2D eigenvalue weighted by molar-refractivity contribution is 6.03. The van der Waals surface area contributed by atoms with E-state index >= 15 is 0 Å². The Morgan fingerprint density at radius 1 is 1.18 bits per heavy atom. The van der Waals surface area contributed by atoms with Gasteiger partial charge in [0.1, 0.15) is 5.78 Å². The lowest BCUT2D eigenvalue weighted by atomic mass is 9.91. The average Bonchev–Trinajstić information content (AvgIpc) is 3.51. The molecule has 0 radical (unpaired) electrons. The third-order valence-corrected chi connectivity index (χ3v) is 6.86. The number of pyridine rings is 1. The van der Waals surface area contributed by atoms with Gasteiger partial charge in [0.15, 0.2) is 5.78 Å². The van der Waals surface area contributed by atoms with Crippen LogP contribution in [0.2, 0.25) is 0 Å². The number of Topliss-reactive ketones (excluding diaryl/α,β-unsaturated/α-hetero) is 2. The molecule has 1 N–H and O–H groups in total. The SMILES string of the molecule is O=CN(O)C[C@@H](CC1CCCC1)C(=O)N1CCC[C@H]1C(=O)CC(=O)CCCc1ccccn1. The molecular weight excluding hydrogens is 422 g/mol. The Labute approximate surface area is 195 Å². The van der Waals surface area contributed by atoms with Crippen LogP contribution < -0.4 is 0 Å². The van der Waals surface area contributed by atoms with Crippen LogP contribution in [0.3, 0.4) is 0 Å². The number of carbonyl (C=O) groups is 4. The molecule has 2 heterocycles. The molecule has 1 saturated heterocycles. The molecule has 0 bridgehead atoms. The van der Waals surface area contributed by atoms with Crippen LogP contribution in [0.1, 0.15) is 69.9 Å². The fourth-order valence-electron chi connectivity index (χ4n) is 5.18. The van der Waals surface area contributed by atoms with E-state index in [2.05, 4.69) is 4.98 Å². The fourth-order valence-corrected chi connectivity index (χ4v) is 5.18. The van der Waals surface area contributed by atoms with E-state index < -0.39 is 12.0 Å². The van der Waals surface area contributed by atoms with Gasteiger partial charge in [0.25, 0.3) is 0 Å². The van der Waals surface area contributed by atoms with Crippen LogP contribution in [-0.4, -0.2) is 63.2 Å². The number of ketones is 2. The summed E-state index contributed by atoms with van der Waals surface area (Å²) >= 11 is 0. The zero-order chi connectivity index (χ0) is 23.6. The van der Waals surface area contributed by atoms with Crippen molar-refractivity contribution >= 4 is 23.9 Å². The van der Waals surface area contributed by atoms with Gasteiger partial charge in [-0.1, -0.05) is 31.7 Å². The van der Waals surface area contributed by atoms with Crippen molar-refractivity contribution in [3.8, 4) is 0 Å². The van der Waals surface area contributed by atoms with Crippen molar-refractivity contribution in [3.05, 3.63) is 30.1 Å². The highest BCUT2D eigenvalue weighted by atomic mass is 16.5. The molecule has 180 valence electrons. The molecule has 2 amide bonds. The van der Waals surface area contributed by atoms with Gasteiger partial charge in [-0.05, 0) is 50.2 Å². The van der Waals surface area contributed by atoms with E-state index in [1.165, 1.54) is 0 Å². The monoisotopic (exact) mass is 457 g/mol. The van der Waals surface area contributed by atoms with Gasteiger partial charge in [0.2, 0.25) is 12.3 Å². The number of hydrogen-bond acceptors (Lipinski definition) is 6. The van der Waals surface area contributed by atoms with Crippen LogP contribution >= 0.6 is 0 Å². The van der Waals surface area contributed by atoms with Gasteiger partial charge in [-0.2, -0.15) is 0 Å². The normalized spacial score (nSPS) is 19.4. The summed E-state index contributed by atoms with van der Waals surface area (Å²) in [6.45, 7) is 0.402. The summed E-state index contributed by atoms with van der Waals surface area (Å²) in [5, 5.41) is 10.3. The molecule has 1 aromatic rings. The van der Waals surface area contributed by atoms with Gasteiger partial charge in [0.05, 0.1) is 24.9 Å². The van der Waals surface area contributed by atoms with Crippen LogP contribution in [0, 0.1) is 11.8 Å². The number of carbonyl (C=O) groups excluding carboxylic acids is 4. The van der Waals surface area contributed by atoms with Gasteiger partial charge in [-0.15, -0.1) is 0 Å². The Balaban J connectivity index is 1.54. The molecular formula is C25H35N3O5. The molecule has 1 aliphatic carbocycles. The van der Waals surface area contributed by atoms with E-state index in [1.807, 2.05) is 18.2 Å². The fraction of sp³-hybridized carbons (Fsp3) is 0.640. The largest absolute Gasteiger partial charge is 0.332 e. The summed E-state index contributed by atoms with van der Waals surface area (Å²) in [5.74, 6) is -0.650. The van der Waals surface area contributed by atoms with Gasteiger partial charge < -0.3 is 4.90 Å². The summed E-state index contributed by atoms with van der Waals surface area (Å²) in [7, 11) is 0. The maximum atomic E-state index is 13.3. The maximum absolute atomic E-state index is 13.3. The highest BCUT2D eigenvalue weighted by Gasteiger charge is 2.38. The Morgan fingerprint density at radius 3 is 2.67 bits per heavy atom. The van der Waals surface area contributed by atoms with E-state index in [-0.39, 0.29) is 30.4 Å². The third kappa shape index (κ3) is 7.45. The molecule has 2 aliphatic rings. The Kier molecular flexibility index (Phi) is 9.54. The molecule has 0 spiro atoms. The lowest BCUT2D eigenvalue weighted by Gasteiger charge is -2.30. The summed E-state index contributed by atoms with van der Waals surface area (Å²) < 4.78 is 0. The molecule has 1 saturated carbocycles. The first kappa shape index (κ1) is 25.0. The first-order valence-corrected chi connectivity index (χ1v) is 12.1. The topological polar surface area (TPSA) is 108 Å². The van der Waals surface area contributed by atoms with Gasteiger partial charge in [-0.25, -0.2) is 5.06 Å². The van der Waals surface area contributed by atoms with Crippen molar-refractivity contribution in [1.82, 2.24) is 14.9 Å². The lowest BCUT2D eigenvalue weighted by molar-refractivity contribution is -0.158. The number of aromatic nitrogens is 1. The minimum Gasteiger partial charge on any atom is -0.332 e. The molecule has 8 nitrogen and oxygen atoms in total.